The molecule has 0 radical (unpaired) electrons. The van der Waals surface area contributed by atoms with Crippen molar-refractivity contribution in [3.05, 3.63) is 60.4 Å². The van der Waals surface area contributed by atoms with Crippen LogP contribution in [0.3, 0.4) is 0 Å². The van der Waals surface area contributed by atoms with Gasteiger partial charge < -0.3 is 8.98 Å². The first-order valence-corrected chi connectivity index (χ1v) is 9.51. The first kappa shape index (κ1) is 16.4. The number of rotatable bonds is 4. The molecule has 1 aromatic carbocycles. The average Bonchev–Trinajstić information content (AvgIpc) is 3.24. The lowest BCUT2D eigenvalue weighted by atomic mass is 10.2. The highest BCUT2D eigenvalue weighted by molar-refractivity contribution is 7.90. The molecule has 9 heteroatoms. The molecular formula is C17H13FN4O3S. The van der Waals surface area contributed by atoms with Gasteiger partial charge >= 0.3 is 0 Å². The molecule has 0 spiro atoms. The minimum absolute atomic E-state index is 0.126. The summed E-state index contributed by atoms with van der Waals surface area (Å²) in [6.07, 6.45) is 3.66. The van der Waals surface area contributed by atoms with E-state index in [0.29, 0.717) is 23.3 Å². The number of sulfone groups is 1. The van der Waals surface area contributed by atoms with Gasteiger partial charge in [0.2, 0.25) is 6.39 Å². The van der Waals surface area contributed by atoms with Gasteiger partial charge in [-0.2, -0.15) is 0 Å². The second-order valence-electron chi connectivity index (χ2n) is 5.84. The Labute approximate surface area is 148 Å². The van der Waals surface area contributed by atoms with Crippen LogP contribution < -0.4 is 0 Å². The van der Waals surface area contributed by atoms with E-state index in [1.165, 1.54) is 24.7 Å². The van der Waals surface area contributed by atoms with Crippen LogP contribution in [0.25, 0.3) is 22.6 Å². The normalized spacial score (nSPS) is 11.9. The summed E-state index contributed by atoms with van der Waals surface area (Å²) in [5, 5.41) is 8.24. The molecule has 0 fully saturated rings. The van der Waals surface area contributed by atoms with E-state index < -0.39 is 9.84 Å². The zero-order chi connectivity index (χ0) is 18.3. The number of hydrogen-bond acceptors (Lipinski definition) is 6. The van der Waals surface area contributed by atoms with E-state index in [4.69, 9.17) is 4.42 Å². The molecule has 0 aliphatic carbocycles. The fraction of sp³-hybridized carbons (Fsp3) is 0.118. The molecular weight excluding hydrogens is 359 g/mol. The van der Waals surface area contributed by atoms with Crippen molar-refractivity contribution in [3.63, 3.8) is 0 Å². The number of pyridine rings is 1. The van der Waals surface area contributed by atoms with Crippen LogP contribution in [0.2, 0.25) is 0 Å². The Bertz CT molecular complexity index is 1180. The van der Waals surface area contributed by atoms with Crippen molar-refractivity contribution >= 4 is 20.9 Å². The van der Waals surface area contributed by atoms with Gasteiger partial charge in [-0.15, -0.1) is 10.2 Å². The van der Waals surface area contributed by atoms with Gasteiger partial charge in [-0.1, -0.05) is 12.1 Å². The van der Waals surface area contributed by atoms with Crippen LogP contribution >= 0.6 is 0 Å². The molecule has 0 saturated carbocycles. The first-order chi connectivity index (χ1) is 12.4. The van der Waals surface area contributed by atoms with Gasteiger partial charge in [0.1, 0.15) is 17.2 Å². The molecule has 0 atom stereocenters. The lowest BCUT2D eigenvalue weighted by Gasteiger charge is -2.08. The fourth-order valence-corrected chi connectivity index (χ4v) is 3.31. The SMILES string of the molecule is CS(=O)(=O)c1cnc2c(c1)cc(-c1nnco1)n2Cc1ccc(F)cc1. The Kier molecular flexibility index (Phi) is 3.80. The zero-order valence-corrected chi connectivity index (χ0v) is 14.4. The Morgan fingerprint density at radius 2 is 1.96 bits per heavy atom. The monoisotopic (exact) mass is 372 g/mol. The molecule has 132 valence electrons. The highest BCUT2D eigenvalue weighted by Gasteiger charge is 2.18. The summed E-state index contributed by atoms with van der Waals surface area (Å²) < 4.78 is 43.9. The molecule has 26 heavy (non-hydrogen) atoms. The number of nitrogens with zero attached hydrogens (tertiary/aromatic N) is 4. The lowest BCUT2D eigenvalue weighted by molar-refractivity contribution is 0.562. The molecule has 3 heterocycles. The molecule has 7 nitrogen and oxygen atoms in total. The summed E-state index contributed by atoms with van der Waals surface area (Å²) in [4.78, 5) is 4.44. The number of benzene rings is 1. The maximum atomic E-state index is 13.2. The van der Waals surface area contributed by atoms with Crippen molar-refractivity contribution in [3.8, 4) is 11.6 Å². The van der Waals surface area contributed by atoms with E-state index in [1.807, 2.05) is 4.57 Å². The second kappa shape index (κ2) is 6.03. The zero-order valence-electron chi connectivity index (χ0n) is 13.6. The Morgan fingerprint density at radius 1 is 1.19 bits per heavy atom. The number of hydrogen-bond donors (Lipinski definition) is 0. The predicted octanol–water partition coefficient (Wildman–Crippen LogP) is 2.68. The Morgan fingerprint density at radius 3 is 2.62 bits per heavy atom. The number of aromatic nitrogens is 4. The fourth-order valence-electron chi connectivity index (χ4n) is 2.72. The van der Waals surface area contributed by atoms with E-state index in [2.05, 4.69) is 15.2 Å². The predicted molar refractivity (Wildman–Crippen MR) is 91.6 cm³/mol. The molecule has 0 aliphatic rings. The topological polar surface area (TPSA) is 90.9 Å². The number of halogens is 1. The minimum atomic E-state index is -3.38. The molecule has 4 rings (SSSR count). The van der Waals surface area contributed by atoms with Gasteiger partial charge in [-0.3, -0.25) is 0 Å². The molecule has 0 aliphatic heterocycles. The largest absolute Gasteiger partial charge is 0.422 e. The van der Waals surface area contributed by atoms with Gasteiger partial charge in [0.15, 0.2) is 9.84 Å². The van der Waals surface area contributed by atoms with E-state index >= 15 is 0 Å². The van der Waals surface area contributed by atoms with Crippen LogP contribution in [0.15, 0.2) is 58.3 Å². The van der Waals surface area contributed by atoms with Gasteiger partial charge in [-0.05, 0) is 29.8 Å². The third kappa shape index (κ3) is 2.97. The molecule has 0 bridgehead atoms. The molecule has 0 unspecified atom stereocenters. The van der Waals surface area contributed by atoms with Gasteiger partial charge in [-0.25, -0.2) is 17.8 Å². The summed E-state index contributed by atoms with van der Waals surface area (Å²) in [5.74, 6) is -0.0369. The Hall–Kier alpha value is -3.07. The van der Waals surface area contributed by atoms with Crippen molar-refractivity contribution in [1.29, 1.82) is 0 Å². The van der Waals surface area contributed by atoms with E-state index in [0.717, 1.165) is 11.8 Å². The van der Waals surface area contributed by atoms with Crippen LogP contribution in [0.1, 0.15) is 5.56 Å². The third-order valence-electron chi connectivity index (χ3n) is 3.97. The van der Waals surface area contributed by atoms with Crippen molar-refractivity contribution in [2.75, 3.05) is 6.26 Å². The molecule has 3 aromatic heterocycles. The Balaban J connectivity index is 1.90. The molecule has 0 amide bonds. The standard InChI is InChI=1S/C17H13FN4O3S/c1-26(23,24)14-6-12-7-15(17-21-20-10-25-17)22(16(12)19-8-14)9-11-2-4-13(18)5-3-11/h2-8,10H,9H2,1H3. The molecule has 0 saturated heterocycles. The molecule has 0 N–H and O–H groups in total. The van der Waals surface area contributed by atoms with E-state index in [1.54, 1.807) is 24.3 Å². The number of fused-ring (bicyclic) bond motifs is 1. The van der Waals surface area contributed by atoms with Crippen molar-refractivity contribution in [1.82, 2.24) is 19.7 Å². The van der Waals surface area contributed by atoms with Crippen LogP contribution in [-0.2, 0) is 16.4 Å². The average molecular weight is 372 g/mol. The van der Waals surface area contributed by atoms with Crippen molar-refractivity contribution < 1.29 is 17.2 Å². The van der Waals surface area contributed by atoms with Crippen LogP contribution in [0, 0.1) is 5.82 Å². The van der Waals surface area contributed by atoms with Crippen LogP contribution in [0.4, 0.5) is 4.39 Å². The van der Waals surface area contributed by atoms with E-state index in [-0.39, 0.29) is 16.6 Å². The molecule has 4 aromatic rings. The highest BCUT2D eigenvalue weighted by Crippen LogP contribution is 2.28. The lowest BCUT2D eigenvalue weighted by Crippen LogP contribution is -2.04. The summed E-state index contributed by atoms with van der Waals surface area (Å²) in [7, 11) is -3.38. The summed E-state index contributed by atoms with van der Waals surface area (Å²) in [5.41, 5.74) is 2.01. The summed E-state index contributed by atoms with van der Waals surface area (Å²) >= 11 is 0. The van der Waals surface area contributed by atoms with E-state index in [9.17, 15) is 12.8 Å². The minimum Gasteiger partial charge on any atom is -0.422 e. The maximum Gasteiger partial charge on any atom is 0.264 e. The van der Waals surface area contributed by atoms with Crippen molar-refractivity contribution in [2.45, 2.75) is 11.4 Å². The smallest absolute Gasteiger partial charge is 0.264 e. The third-order valence-corrected chi connectivity index (χ3v) is 5.05. The van der Waals surface area contributed by atoms with Gasteiger partial charge in [0.25, 0.3) is 5.89 Å². The quantitative estimate of drug-likeness (QED) is 0.547. The van der Waals surface area contributed by atoms with Gasteiger partial charge in [0.05, 0.1) is 4.90 Å². The second-order valence-corrected chi connectivity index (χ2v) is 7.86. The maximum absolute atomic E-state index is 13.2. The first-order valence-electron chi connectivity index (χ1n) is 7.62. The van der Waals surface area contributed by atoms with Crippen molar-refractivity contribution in [2.24, 2.45) is 0 Å². The summed E-state index contributed by atoms with van der Waals surface area (Å²) in [6.45, 7) is 0.382. The summed E-state index contributed by atoms with van der Waals surface area (Å²) in [6, 6.07) is 9.39. The van der Waals surface area contributed by atoms with Crippen LogP contribution in [0.5, 0.6) is 0 Å². The van der Waals surface area contributed by atoms with Crippen LogP contribution in [-0.4, -0.2) is 34.4 Å². The van der Waals surface area contributed by atoms with Gasteiger partial charge in [0, 0.05) is 24.4 Å². The highest BCUT2D eigenvalue weighted by atomic mass is 32.2.